The summed E-state index contributed by atoms with van der Waals surface area (Å²) in [5, 5.41) is 3.54. The van der Waals surface area contributed by atoms with Crippen LogP contribution in [0.4, 0.5) is 0 Å². The number of amides is 1. The summed E-state index contributed by atoms with van der Waals surface area (Å²) in [6.07, 6.45) is 0. The van der Waals surface area contributed by atoms with Gasteiger partial charge in [-0.1, -0.05) is 39.7 Å². The Morgan fingerprint density at radius 2 is 1.71 bits per heavy atom. The first-order valence-electron chi connectivity index (χ1n) is 6.33. The number of halogens is 3. The Balaban J connectivity index is 2.21. The van der Waals surface area contributed by atoms with Crippen LogP contribution >= 0.6 is 43.5 Å². The molecule has 0 unspecified atom stereocenters. The van der Waals surface area contributed by atoms with Crippen LogP contribution in [-0.4, -0.2) is 5.91 Å². The molecule has 2 aromatic rings. The molecule has 0 aromatic heterocycles. The standard InChI is InChI=1S/C16H14Br2ClNO/c1-16(2,11-4-6-12(17)7-5-11)20-15(21)10-3-8-13(18)14(19)9-10/h3-9H,1-2H3,(H,20,21). The highest BCUT2D eigenvalue weighted by Gasteiger charge is 2.23. The molecule has 0 aliphatic heterocycles. The Hall–Kier alpha value is -0.840. The van der Waals surface area contributed by atoms with Crippen LogP contribution in [-0.2, 0) is 5.54 Å². The molecule has 0 saturated heterocycles. The molecule has 0 saturated carbocycles. The third-order valence-electron chi connectivity index (χ3n) is 3.17. The van der Waals surface area contributed by atoms with Gasteiger partial charge < -0.3 is 5.32 Å². The molecule has 0 heterocycles. The van der Waals surface area contributed by atoms with Gasteiger partial charge in [-0.25, -0.2) is 0 Å². The van der Waals surface area contributed by atoms with Gasteiger partial charge in [0.15, 0.2) is 0 Å². The predicted molar refractivity (Wildman–Crippen MR) is 93.8 cm³/mol. The fourth-order valence-corrected chi connectivity index (χ4v) is 2.62. The molecule has 2 nitrogen and oxygen atoms in total. The lowest BCUT2D eigenvalue weighted by atomic mass is 9.94. The summed E-state index contributed by atoms with van der Waals surface area (Å²) in [6, 6.07) is 13.0. The van der Waals surface area contributed by atoms with E-state index in [0.29, 0.717) is 10.6 Å². The van der Waals surface area contributed by atoms with Crippen molar-refractivity contribution in [3.8, 4) is 0 Å². The maximum Gasteiger partial charge on any atom is 0.252 e. The van der Waals surface area contributed by atoms with Gasteiger partial charge in [-0.05, 0) is 65.7 Å². The quantitative estimate of drug-likeness (QED) is 0.680. The van der Waals surface area contributed by atoms with Crippen molar-refractivity contribution in [2.45, 2.75) is 19.4 Å². The van der Waals surface area contributed by atoms with Crippen molar-refractivity contribution in [1.82, 2.24) is 5.32 Å². The molecule has 1 amide bonds. The molecule has 2 rings (SSSR count). The van der Waals surface area contributed by atoms with Crippen molar-refractivity contribution in [3.05, 3.63) is 67.6 Å². The first-order valence-corrected chi connectivity index (χ1v) is 8.29. The fourth-order valence-electron chi connectivity index (χ4n) is 1.93. The van der Waals surface area contributed by atoms with Crippen LogP contribution in [0.3, 0.4) is 0 Å². The summed E-state index contributed by atoms with van der Waals surface area (Å²) in [7, 11) is 0. The van der Waals surface area contributed by atoms with E-state index in [1.807, 2.05) is 38.1 Å². The van der Waals surface area contributed by atoms with E-state index in [-0.39, 0.29) is 5.91 Å². The lowest BCUT2D eigenvalue weighted by molar-refractivity contribution is 0.0912. The lowest BCUT2D eigenvalue weighted by Gasteiger charge is -2.27. The Morgan fingerprint density at radius 1 is 1.10 bits per heavy atom. The van der Waals surface area contributed by atoms with Gasteiger partial charge in [0.25, 0.3) is 5.91 Å². The number of rotatable bonds is 3. The van der Waals surface area contributed by atoms with Gasteiger partial charge in [0, 0.05) is 14.5 Å². The van der Waals surface area contributed by atoms with Gasteiger partial charge in [0.05, 0.1) is 10.6 Å². The second-order valence-corrected chi connectivity index (χ2v) is 7.39. The van der Waals surface area contributed by atoms with Gasteiger partial charge >= 0.3 is 0 Å². The number of hydrogen-bond acceptors (Lipinski definition) is 1. The minimum Gasteiger partial charge on any atom is -0.343 e. The molecule has 1 N–H and O–H groups in total. The van der Waals surface area contributed by atoms with Crippen LogP contribution in [0.1, 0.15) is 29.8 Å². The summed E-state index contributed by atoms with van der Waals surface area (Å²) >= 11 is 12.8. The van der Waals surface area contributed by atoms with Gasteiger partial charge in [-0.3, -0.25) is 4.79 Å². The van der Waals surface area contributed by atoms with E-state index in [0.717, 1.165) is 14.5 Å². The van der Waals surface area contributed by atoms with Crippen LogP contribution in [0.2, 0.25) is 5.02 Å². The number of nitrogens with one attached hydrogen (secondary N) is 1. The van der Waals surface area contributed by atoms with E-state index in [9.17, 15) is 4.79 Å². The zero-order valence-electron chi connectivity index (χ0n) is 11.6. The van der Waals surface area contributed by atoms with Gasteiger partial charge in [-0.2, -0.15) is 0 Å². The molecule has 0 fully saturated rings. The number of carbonyl (C=O) groups excluding carboxylic acids is 1. The third-order valence-corrected chi connectivity index (χ3v) is 4.93. The summed E-state index contributed by atoms with van der Waals surface area (Å²) in [5.41, 5.74) is 1.09. The molecule has 0 bridgehead atoms. The highest BCUT2D eigenvalue weighted by atomic mass is 79.9. The third kappa shape index (κ3) is 4.09. The lowest BCUT2D eigenvalue weighted by Crippen LogP contribution is -2.40. The van der Waals surface area contributed by atoms with Gasteiger partial charge in [0.1, 0.15) is 0 Å². The smallest absolute Gasteiger partial charge is 0.252 e. The summed E-state index contributed by atoms with van der Waals surface area (Å²) in [5.74, 6) is -0.155. The van der Waals surface area contributed by atoms with Gasteiger partial charge in [-0.15, -0.1) is 0 Å². The molecule has 21 heavy (non-hydrogen) atoms. The SMILES string of the molecule is CC(C)(NC(=O)c1ccc(Br)c(Cl)c1)c1ccc(Br)cc1. The largest absolute Gasteiger partial charge is 0.343 e. The Labute approximate surface area is 146 Å². The predicted octanol–water partition coefficient (Wildman–Crippen LogP) is 5.53. The van der Waals surface area contributed by atoms with Gasteiger partial charge in [0.2, 0.25) is 0 Å². The van der Waals surface area contributed by atoms with Crippen LogP contribution in [0.5, 0.6) is 0 Å². The van der Waals surface area contributed by atoms with Crippen molar-refractivity contribution in [1.29, 1.82) is 0 Å². The molecule has 0 radical (unpaired) electrons. The maximum atomic E-state index is 12.4. The first kappa shape index (κ1) is 16.5. The van der Waals surface area contributed by atoms with Crippen LogP contribution in [0, 0.1) is 0 Å². The van der Waals surface area contributed by atoms with E-state index in [2.05, 4.69) is 37.2 Å². The minimum absolute atomic E-state index is 0.155. The topological polar surface area (TPSA) is 29.1 Å². The van der Waals surface area contributed by atoms with E-state index in [1.54, 1.807) is 18.2 Å². The maximum absolute atomic E-state index is 12.4. The summed E-state index contributed by atoms with van der Waals surface area (Å²) < 4.78 is 1.78. The molecule has 5 heteroatoms. The molecule has 110 valence electrons. The molecule has 0 spiro atoms. The Kier molecular flexibility index (Phi) is 5.12. The van der Waals surface area contributed by atoms with E-state index >= 15 is 0 Å². The number of benzene rings is 2. The summed E-state index contributed by atoms with van der Waals surface area (Å²) in [6.45, 7) is 3.93. The highest BCUT2D eigenvalue weighted by Crippen LogP contribution is 2.25. The first-order chi connectivity index (χ1) is 9.79. The zero-order chi connectivity index (χ0) is 15.6. The van der Waals surface area contributed by atoms with Crippen molar-refractivity contribution >= 4 is 49.4 Å². The second-order valence-electron chi connectivity index (χ2n) is 5.21. The normalized spacial score (nSPS) is 11.3. The zero-order valence-corrected chi connectivity index (χ0v) is 15.5. The summed E-state index contributed by atoms with van der Waals surface area (Å²) in [4.78, 5) is 12.4. The number of carbonyl (C=O) groups is 1. The monoisotopic (exact) mass is 429 g/mol. The average molecular weight is 432 g/mol. The second kappa shape index (κ2) is 6.51. The molecule has 0 atom stereocenters. The highest BCUT2D eigenvalue weighted by molar-refractivity contribution is 9.10. The Morgan fingerprint density at radius 3 is 2.29 bits per heavy atom. The van der Waals surface area contributed by atoms with Crippen LogP contribution in [0.25, 0.3) is 0 Å². The molecule has 0 aliphatic carbocycles. The molecular weight excluding hydrogens is 417 g/mol. The van der Waals surface area contributed by atoms with Crippen LogP contribution in [0.15, 0.2) is 51.4 Å². The molecule has 0 aliphatic rings. The fraction of sp³-hybridized carbons (Fsp3) is 0.188. The molecule has 2 aromatic carbocycles. The van der Waals surface area contributed by atoms with E-state index in [1.165, 1.54) is 0 Å². The minimum atomic E-state index is -0.475. The van der Waals surface area contributed by atoms with E-state index in [4.69, 9.17) is 11.6 Å². The van der Waals surface area contributed by atoms with Crippen LogP contribution < -0.4 is 5.32 Å². The average Bonchev–Trinajstić information content (AvgIpc) is 2.41. The van der Waals surface area contributed by atoms with Crippen molar-refractivity contribution < 1.29 is 4.79 Å². The van der Waals surface area contributed by atoms with Crippen molar-refractivity contribution in [2.24, 2.45) is 0 Å². The Bertz CT molecular complexity index is 668. The van der Waals surface area contributed by atoms with Crippen molar-refractivity contribution in [3.63, 3.8) is 0 Å². The number of hydrogen-bond donors (Lipinski definition) is 1. The van der Waals surface area contributed by atoms with E-state index < -0.39 is 5.54 Å². The van der Waals surface area contributed by atoms with Crippen molar-refractivity contribution in [2.75, 3.05) is 0 Å². The molecular formula is C16H14Br2ClNO.